The van der Waals surface area contributed by atoms with Gasteiger partial charge in [-0.2, -0.15) is 0 Å². The van der Waals surface area contributed by atoms with Crippen molar-refractivity contribution in [1.29, 1.82) is 0 Å². The van der Waals surface area contributed by atoms with Crippen LogP contribution in [0.5, 0.6) is 0 Å². The van der Waals surface area contributed by atoms with Gasteiger partial charge >= 0.3 is 5.97 Å². The maximum atomic E-state index is 12.1. The zero-order valence-electron chi connectivity index (χ0n) is 11.5. The number of hydrogen-bond donors (Lipinski definition) is 3. The summed E-state index contributed by atoms with van der Waals surface area (Å²) in [5, 5.41) is 11.9. The van der Waals surface area contributed by atoms with E-state index in [1.807, 2.05) is 13.8 Å². The number of carbonyl (C=O) groups is 2. The van der Waals surface area contributed by atoms with Crippen LogP contribution >= 0.6 is 11.6 Å². The first-order valence-corrected chi connectivity index (χ1v) is 6.76. The minimum Gasteiger partial charge on any atom is -0.478 e. The number of aromatic carboxylic acids is 1. The van der Waals surface area contributed by atoms with E-state index in [9.17, 15) is 9.59 Å². The molecule has 1 aromatic carbocycles. The molecule has 1 unspecified atom stereocenters. The van der Waals surface area contributed by atoms with Crippen LogP contribution in [-0.4, -0.2) is 23.5 Å². The van der Waals surface area contributed by atoms with E-state index in [-0.39, 0.29) is 29.0 Å². The highest BCUT2D eigenvalue weighted by atomic mass is 35.5. The molecule has 0 aliphatic rings. The number of hydrogen-bond acceptors (Lipinski definition) is 3. The normalized spacial score (nSPS) is 12.2. The molecule has 4 N–H and O–H groups in total. The second-order valence-corrected chi connectivity index (χ2v) is 5.52. The van der Waals surface area contributed by atoms with Crippen molar-refractivity contribution in [1.82, 2.24) is 0 Å². The second-order valence-electron chi connectivity index (χ2n) is 5.09. The molecule has 0 aliphatic carbocycles. The first-order chi connectivity index (χ1) is 9.33. The second kappa shape index (κ2) is 7.26. The lowest BCUT2D eigenvalue weighted by atomic mass is 9.96. The van der Waals surface area contributed by atoms with Crippen LogP contribution in [0.15, 0.2) is 18.2 Å². The molecular weight excluding hydrogens is 280 g/mol. The lowest BCUT2D eigenvalue weighted by Gasteiger charge is -2.17. The molecule has 0 heterocycles. The van der Waals surface area contributed by atoms with E-state index in [4.69, 9.17) is 22.4 Å². The van der Waals surface area contributed by atoms with Gasteiger partial charge in [0.25, 0.3) is 0 Å². The monoisotopic (exact) mass is 298 g/mol. The van der Waals surface area contributed by atoms with Gasteiger partial charge in [-0.25, -0.2) is 4.79 Å². The van der Waals surface area contributed by atoms with Gasteiger partial charge in [0, 0.05) is 17.3 Å². The molecule has 0 spiro atoms. The van der Waals surface area contributed by atoms with Crippen LogP contribution in [0.4, 0.5) is 5.69 Å². The van der Waals surface area contributed by atoms with Crippen LogP contribution in [0.2, 0.25) is 5.02 Å². The number of rotatable bonds is 6. The maximum Gasteiger partial charge on any atom is 0.335 e. The van der Waals surface area contributed by atoms with Gasteiger partial charge in [-0.15, -0.1) is 0 Å². The summed E-state index contributed by atoms with van der Waals surface area (Å²) in [5.41, 5.74) is 5.99. The number of amides is 1. The standard InChI is InChI=1S/C14H19ClN2O3/c1-8(2)3-10(7-16)13(18)17-12-5-9(14(19)20)4-11(15)6-12/h4-6,8,10H,3,7,16H2,1-2H3,(H,17,18)(H,19,20). The fourth-order valence-corrected chi connectivity index (χ4v) is 2.14. The molecule has 1 aromatic rings. The average Bonchev–Trinajstić information content (AvgIpc) is 2.34. The molecule has 0 saturated carbocycles. The number of nitrogens with two attached hydrogens (primary N) is 1. The van der Waals surface area contributed by atoms with Crippen LogP contribution in [0.3, 0.4) is 0 Å². The van der Waals surface area contributed by atoms with E-state index in [1.54, 1.807) is 0 Å². The zero-order chi connectivity index (χ0) is 15.3. The van der Waals surface area contributed by atoms with Crippen LogP contribution in [0.25, 0.3) is 0 Å². The summed E-state index contributed by atoms with van der Waals surface area (Å²) >= 11 is 5.84. The van der Waals surface area contributed by atoms with Gasteiger partial charge in [-0.3, -0.25) is 4.79 Å². The Hall–Kier alpha value is -1.59. The highest BCUT2D eigenvalue weighted by molar-refractivity contribution is 6.31. The maximum absolute atomic E-state index is 12.1. The molecule has 6 heteroatoms. The van der Waals surface area contributed by atoms with E-state index >= 15 is 0 Å². The van der Waals surface area contributed by atoms with E-state index in [0.717, 1.165) is 0 Å². The third kappa shape index (κ3) is 4.83. The molecule has 5 nitrogen and oxygen atoms in total. The van der Waals surface area contributed by atoms with Crippen molar-refractivity contribution >= 4 is 29.2 Å². The average molecular weight is 299 g/mol. The minimum atomic E-state index is -1.10. The summed E-state index contributed by atoms with van der Waals surface area (Å²) in [5.74, 6) is -1.27. The van der Waals surface area contributed by atoms with Crippen molar-refractivity contribution in [3.8, 4) is 0 Å². The van der Waals surface area contributed by atoms with E-state index in [1.165, 1.54) is 18.2 Å². The van der Waals surface area contributed by atoms with E-state index in [2.05, 4.69) is 5.32 Å². The molecule has 1 amide bonds. The quantitative estimate of drug-likeness (QED) is 0.752. The van der Waals surface area contributed by atoms with Crippen molar-refractivity contribution in [2.24, 2.45) is 17.6 Å². The Bertz CT molecular complexity index is 503. The fraction of sp³-hybridized carbons (Fsp3) is 0.429. The van der Waals surface area contributed by atoms with Crippen molar-refractivity contribution in [3.63, 3.8) is 0 Å². The van der Waals surface area contributed by atoms with Gasteiger partial charge in [0.15, 0.2) is 0 Å². The Morgan fingerprint density at radius 1 is 1.35 bits per heavy atom. The third-order valence-corrected chi connectivity index (χ3v) is 3.04. The molecular formula is C14H19ClN2O3. The topological polar surface area (TPSA) is 92.4 Å². The lowest BCUT2D eigenvalue weighted by Crippen LogP contribution is -2.30. The van der Waals surface area contributed by atoms with Crippen molar-refractivity contribution in [3.05, 3.63) is 28.8 Å². The van der Waals surface area contributed by atoms with Crippen molar-refractivity contribution in [2.75, 3.05) is 11.9 Å². The number of carbonyl (C=O) groups excluding carboxylic acids is 1. The number of halogens is 1. The third-order valence-electron chi connectivity index (χ3n) is 2.82. The Morgan fingerprint density at radius 2 is 2.00 bits per heavy atom. The Labute approximate surface area is 123 Å². The molecule has 1 rings (SSSR count). The van der Waals surface area contributed by atoms with Gasteiger partial charge in [-0.1, -0.05) is 25.4 Å². The summed E-state index contributed by atoms with van der Waals surface area (Å²) in [4.78, 5) is 23.0. The molecule has 1 atom stereocenters. The molecule has 0 aliphatic heterocycles. The number of carboxylic acid groups (broad SMARTS) is 1. The van der Waals surface area contributed by atoms with Crippen molar-refractivity contribution in [2.45, 2.75) is 20.3 Å². The summed E-state index contributed by atoms with van der Waals surface area (Å²) in [6, 6.07) is 4.21. The van der Waals surface area contributed by atoms with Gasteiger partial charge < -0.3 is 16.2 Å². The number of nitrogens with one attached hydrogen (secondary N) is 1. The van der Waals surface area contributed by atoms with Crippen molar-refractivity contribution < 1.29 is 14.7 Å². The number of benzene rings is 1. The van der Waals surface area contributed by atoms with Crippen LogP contribution in [0, 0.1) is 11.8 Å². The van der Waals surface area contributed by atoms with Gasteiger partial charge in [0.05, 0.1) is 11.5 Å². The van der Waals surface area contributed by atoms with E-state index in [0.29, 0.717) is 18.0 Å². The van der Waals surface area contributed by atoms with Gasteiger partial charge in [0.1, 0.15) is 0 Å². The van der Waals surface area contributed by atoms with Gasteiger partial charge in [-0.05, 0) is 30.5 Å². The molecule has 0 fully saturated rings. The first-order valence-electron chi connectivity index (χ1n) is 6.38. The minimum absolute atomic E-state index is 0.0287. The number of anilines is 1. The molecule has 0 radical (unpaired) electrons. The fourth-order valence-electron chi connectivity index (χ4n) is 1.91. The SMILES string of the molecule is CC(C)CC(CN)C(=O)Nc1cc(Cl)cc(C(=O)O)c1. The van der Waals surface area contributed by atoms with Crippen LogP contribution < -0.4 is 11.1 Å². The Morgan fingerprint density at radius 3 is 2.50 bits per heavy atom. The summed E-state index contributed by atoms with van der Waals surface area (Å²) in [6.07, 6.45) is 0.675. The Kier molecular flexibility index (Phi) is 5.98. The van der Waals surface area contributed by atoms with Crippen LogP contribution in [-0.2, 0) is 4.79 Å². The van der Waals surface area contributed by atoms with E-state index < -0.39 is 5.97 Å². The first kappa shape index (κ1) is 16.5. The molecule has 110 valence electrons. The summed E-state index contributed by atoms with van der Waals surface area (Å²) in [7, 11) is 0. The molecule has 0 saturated heterocycles. The predicted octanol–water partition coefficient (Wildman–Crippen LogP) is 2.60. The Balaban J connectivity index is 2.86. The summed E-state index contributed by atoms with van der Waals surface area (Å²) < 4.78 is 0. The smallest absolute Gasteiger partial charge is 0.335 e. The highest BCUT2D eigenvalue weighted by Crippen LogP contribution is 2.21. The predicted molar refractivity (Wildman–Crippen MR) is 79.0 cm³/mol. The summed E-state index contributed by atoms with van der Waals surface area (Å²) in [6.45, 7) is 4.27. The molecule has 0 bridgehead atoms. The zero-order valence-corrected chi connectivity index (χ0v) is 12.3. The lowest BCUT2D eigenvalue weighted by molar-refractivity contribution is -0.120. The van der Waals surface area contributed by atoms with Gasteiger partial charge in [0.2, 0.25) is 5.91 Å². The molecule has 0 aromatic heterocycles. The number of carboxylic acids is 1. The molecule has 20 heavy (non-hydrogen) atoms. The van der Waals surface area contributed by atoms with Crippen LogP contribution in [0.1, 0.15) is 30.6 Å². The highest BCUT2D eigenvalue weighted by Gasteiger charge is 2.19. The largest absolute Gasteiger partial charge is 0.478 e.